The van der Waals surface area contributed by atoms with Crippen molar-refractivity contribution in [3.05, 3.63) is 29.8 Å². The van der Waals surface area contributed by atoms with Crippen LogP contribution in [0.25, 0.3) is 0 Å². The summed E-state index contributed by atoms with van der Waals surface area (Å²) in [4.78, 5) is 26.8. The molecule has 1 aliphatic rings. The fourth-order valence-corrected chi connectivity index (χ4v) is 3.02. The summed E-state index contributed by atoms with van der Waals surface area (Å²) in [6.45, 7) is 9.94. The minimum Gasteiger partial charge on any atom is -0.347 e. The summed E-state index contributed by atoms with van der Waals surface area (Å²) in [5.74, 6) is -0.0573. The van der Waals surface area contributed by atoms with Gasteiger partial charge in [0.05, 0.1) is 6.04 Å². The number of hydrogen-bond donors (Lipinski definition) is 2. The third kappa shape index (κ3) is 5.06. The summed E-state index contributed by atoms with van der Waals surface area (Å²) in [6, 6.07) is 7.03. The van der Waals surface area contributed by atoms with E-state index in [0.717, 1.165) is 38.0 Å². The quantitative estimate of drug-likeness (QED) is 0.872. The van der Waals surface area contributed by atoms with Crippen LogP contribution in [0.3, 0.4) is 0 Å². The Morgan fingerprint density at radius 1 is 1.21 bits per heavy atom. The lowest BCUT2D eigenvalue weighted by molar-refractivity contribution is -0.120. The third-order valence-electron chi connectivity index (χ3n) is 4.08. The minimum atomic E-state index is -0.269. The van der Waals surface area contributed by atoms with Gasteiger partial charge in [0, 0.05) is 16.8 Å². The van der Waals surface area contributed by atoms with Crippen molar-refractivity contribution >= 4 is 17.5 Å². The van der Waals surface area contributed by atoms with Crippen molar-refractivity contribution in [2.45, 2.75) is 58.5 Å². The molecule has 2 amide bonds. The number of anilines is 1. The molecule has 1 aromatic rings. The molecule has 1 unspecified atom stereocenters. The number of carbonyl (C=O) groups is 2. The molecule has 1 aromatic carbocycles. The molecule has 0 saturated carbocycles. The molecule has 0 aromatic heterocycles. The Balaban J connectivity index is 1.96. The largest absolute Gasteiger partial charge is 0.347 e. The summed E-state index contributed by atoms with van der Waals surface area (Å²) in [5.41, 5.74) is 1.06. The smallest absolute Gasteiger partial charge is 0.251 e. The van der Waals surface area contributed by atoms with E-state index in [0.29, 0.717) is 5.56 Å². The van der Waals surface area contributed by atoms with Crippen LogP contribution in [0.15, 0.2) is 24.3 Å². The molecule has 2 N–H and O–H groups in total. The zero-order valence-corrected chi connectivity index (χ0v) is 15.2. The highest BCUT2D eigenvalue weighted by molar-refractivity contribution is 5.97. The average molecular weight is 331 g/mol. The summed E-state index contributed by atoms with van der Waals surface area (Å²) >= 11 is 0. The van der Waals surface area contributed by atoms with E-state index in [1.165, 1.54) is 0 Å². The standard InChI is InChI=1S/C19H29N3O2/c1-5-12-22-13-6-7-16(22)18(24)20-15-10-8-14(9-11-15)17(23)21-19(2,3)4/h8-11,16H,5-7,12-13H2,1-4H3,(H,20,24)(H,21,23). The summed E-state index contributed by atoms with van der Waals surface area (Å²) in [6.07, 6.45) is 3.04. The molecule has 24 heavy (non-hydrogen) atoms. The van der Waals surface area contributed by atoms with Crippen molar-refractivity contribution in [2.75, 3.05) is 18.4 Å². The molecule has 2 rings (SSSR count). The van der Waals surface area contributed by atoms with Crippen LogP contribution in [0.2, 0.25) is 0 Å². The van der Waals surface area contributed by atoms with Crippen LogP contribution >= 0.6 is 0 Å². The van der Waals surface area contributed by atoms with Gasteiger partial charge in [-0.2, -0.15) is 0 Å². The van der Waals surface area contributed by atoms with Gasteiger partial charge in [-0.05, 0) is 77.4 Å². The van der Waals surface area contributed by atoms with Crippen LogP contribution in [-0.4, -0.2) is 41.4 Å². The fourth-order valence-electron chi connectivity index (χ4n) is 3.02. The number of benzene rings is 1. The van der Waals surface area contributed by atoms with Crippen LogP contribution in [0.1, 0.15) is 57.3 Å². The number of nitrogens with one attached hydrogen (secondary N) is 2. The van der Waals surface area contributed by atoms with Crippen LogP contribution in [0, 0.1) is 0 Å². The SMILES string of the molecule is CCCN1CCCC1C(=O)Nc1ccc(C(=O)NC(C)(C)C)cc1. The summed E-state index contributed by atoms with van der Waals surface area (Å²) in [7, 11) is 0. The number of nitrogens with zero attached hydrogens (tertiary/aromatic N) is 1. The van der Waals surface area contributed by atoms with E-state index in [1.54, 1.807) is 24.3 Å². The molecule has 132 valence electrons. The third-order valence-corrected chi connectivity index (χ3v) is 4.08. The van der Waals surface area contributed by atoms with Crippen molar-refractivity contribution in [2.24, 2.45) is 0 Å². The maximum Gasteiger partial charge on any atom is 0.251 e. The zero-order valence-electron chi connectivity index (χ0n) is 15.2. The van der Waals surface area contributed by atoms with E-state index in [4.69, 9.17) is 0 Å². The Morgan fingerprint density at radius 2 is 1.88 bits per heavy atom. The molecule has 1 heterocycles. The second-order valence-electron chi connectivity index (χ2n) is 7.46. The van der Waals surface area contributed by atoms with Crippen molar-refractivity contribution in [3.63, 3.8) is 0 Å². The topological polar surface area (TPSA) is 61.4 Å². The van der Waals surface area contributed by atoms with Gasteiger partial charge in [0.1, 0.15) is 0 Å². The number of rotatable bonds is 5. The number of carbonyl (C=O) groups excluding carboxylic acids is 2. The molecule has 0 radical (unpaired) electrons. The van der Waals surface area contributed by atoms with Crippen LogP contribution in [0.5, 0.6) is 0 Å². The molecule has 1 atom stereocenters. The van der Waals surface area contributed by atoms with Gasteiger partial charge in [0.2, 0.25) is 5.91 Å². The Morgan fingerprint density at radius 3 is 2.46 bits per heavy atom. The molecule has 5 nitrogen and oxygen atoms in total. The van der Waals surface area contributed by atoms with Gasteiger partial charge in [-0.15, -0.1) is 0 Å². The predicted molar refractivity (Wildman–Crippen MR) is 97.2 cm³/mol. The highest BCUT2D eigenvalue weighted by Crippen LogP contribution is 2.19. The Bertz CT molecular complexity index is 575. The molecule has 0 bridgehead atoms. The van der Waals surface area contributed by atoms with Gasteiger partial charge in [-0.1, -0.05) is 6.92 Å². The highest BCUT2D eigenvalue weighted by Gasteiger charge is 2.29. The first-order valence-corrected chi connectivity index (χ1v) is 8.77. The van der Waals surface area contributed by atoms with E-state index in [1.807, 2.05) is 20.8 Å². The van der Waals surface area contributed by atoms with Crippen LogP contribution < -0.4 is 10.6 Å². The Labute approximate surface area is 144 Å². The first-order valence-electron chi connectivity index (χ1n) is 8.77. The normalized spacial score (nSPS) is 18.4. The maximum atomic E-state index is 12.5. The molecule has 1 aliphatic heterocycles. The second-order valence-corrected chi connectivity index (χ2v) is 7.46. The van der Waals surface area contributed by atoms with Gasteiger partial charge in [-0.25, -0.2) is 0 Å². The first-order chi connectivity index (χ1) is 11.3. The van der Waals surface area contributed by atoms with Gasteiger partial charge >= 0.3 is 0 Å². The molecular formula is C19H29N3O2. The molecular weight excluding hydrogens is 302 g/mol. The summed E-state index contributed by atoms with van der Waals surface area (Å²) in [5, 5.41) is 5.90. The van der Waals surface area contributed by atoms with Crippen molar-refractivity contribution in [1.29, 1.82) is 0 Å². The van der Waals surface area contributed by atoms with Gasteiger partial charge in [0.25, 0.3) is 5.91 Å². The van der Waals surface area contributed by atoms with E-state index in [9.17, 15) is 9.59 Å². The van der Waals surface area contributed by atoms with E-state index in [-0.39, 0.29) is 23.4 Å². The lowest BCUT2D eigenvalue weighted by atomic mass is 10.1. The summed E-state index contributed by atoms with van der Waals surface area (Å²) < 4.78 is 0. The lowest BCUT2D eigenvalue weighted by Crippen LogP contribution is -2.40. The molecule has 0 aliphatic carbocycles. The van der Waals surface area contributed by atoms with Gasteiger partial charge in [-0.3, -0.25) is 14.5 Å². The maximum absolute atomic E-state index is 12.5. The first kappa shape index (κ1) is 18.5. The lowest BCUT2D eigenvalue weighted by Gasteiger charge is -2.23. The predicted octanol–water partition coefficient (Wildman–Crippen LogP) is 3.03. The molecule has 5 heteroatoms. The molecule has 0 spiro atoms. The fraction of sp³-hybridized carbons (Fsp3) is 0.579. The van der Waals surface area contributed by atoms with Crippen molar-refractivity contribution < 1.29 is 9.59 Å². The van der Waals surface area contributed by atoms with Gasteiger partial charge < -0.3 is 10.6 Å². The monoisotopic (exact) mass is 331 g/mol. The number of hydrogen-bond acceptors (Lipinski definition) is 3. The van der Waals surface area contributed by atoms with Crippen LogP contribution in [0.4, 0.5) is 5.69 Å². The number of likely N-dealkylation sites (tertiary alicyclic amines) is 1. The molecule has 1 fully saturated rings. The molecule has 1 saturated heterocycles. The van der Waals surface area contributed by atoms with E-state index < -0.39 is 0 Å². The van der Waals surface area contributed by atoms with E-state index >= 15 is 0 Å². The van der Waals surface area contributed by atoms with Crippen molar-refractivity contribution in [1.82, 2.24) is 10.2 Å². The number of amides is 2. The average Bonchev–Trinajstić information content (AvgIpc) is 2.95. The van der Waals surface area contributed by atoms with E-state index in [2.05, 4.69) is 22.5 Å². The van der Waals surface area contributed by atoms with Gasteiger partial charge in [0.15, 0.2) is 0 Å². The minimum absolute atomic E-state index is 0.0335. The second kappa shape index (κ2) is 7.79. The Hall–Kier alpha value is -1.88. The highest BCUT2D eigenvalue weighted by atomic mass is 16.2. The Kier molecular flexibility index (Phi) is 5.99. The van der Waals surface area contributed by atoms with Crippen molar-refractivity contribution in [3.8, 4) is 0 Å². The zero-order chi connectivity index (χ0) is 17.7. The van der Waals surface area contributed by atoms with Crippen LogP contribution in [-0.2, 0) is 4.79 Å².